The van der Waals surface area contributed by atoms with E-state index in [0.29, 0.717) is 18.1 Å². The van der Waals surface area contributed by atoms with E-state index in [1.807, 2.05) is 6.07 Å². The first-order valence-electron chi connectivity index (χ1n) is 6.16. The molecule has 0 aliphatic carbocycles. The summed E-state index contributed by atoms with van der Waals surface area (Å²) in [6, 6.07) is 1.89. The number of aromatic nitrogens is 4. The van der Waals surface area contributed by atoms with Crippen molar-refractivity contribution >= 4 is 11.6 Å². The molecule has 2 aromatic heterocycles. The zero-order chi connectivity index (χ0) is 13.9. The highest BCUT2D eigenvalue weighted by Gasteiger charge is 2.10. The lowest BCUT2D eigenvalue weighted by Crippen LogP contribution is -2.35. The van der Waals surface area contributed by atoms with Crippen molar-refractivity contribution in [2.45, 2.75) is 39.4 Å². The number of hydrogen-bond acceptors (Lipinski definition) is 4. The van der Waals surface area contributed by atoms with Crippen molar-refractivity contribution in [3.05, 3.63) is 41.2 Å². The molecular weight excluding hydrogens is 262 g/mol. The van der Waals surface area contributed by atoms with Gasteiger partial charge in [-0.05, 0) is 32.4 Å². The van der Waals surface area contributed by atoms with Crippen molar-refractivity contribution in [1.82, 2.24) is 25.1 Å². The monoisotopic (exact) mass is 279 g/mol. The number of halogens is 1. The van der Waals surface area contributed by atoms with Crippen LogP contribution in [0.25, 0.3) is 0 Å². The lowest BCUT2D eigenvalue weighted by atomic mass is 10.1. The SMILES string of the molecule is CC(C)(C)NCc1ncn(Cc2ccncc2Cl)n1. The molecule has 0 bridgehead atoms. The number of pyridine rings is 1. The normalized spacial score (nSPS) is 11.8. The van der Waals surface area contributed by atoms with Crippen molar-refractivity contribution in [3.8, 4) is 0 Å². The van der Waals surface area contributed by atoms with Gasteiger partial charge < -0.3 is 5.32 Å². The second-order valence-corrected chi connectivity index (χ2v) is 5.84. The predicted molar refractivity (Wildman–Crippen MR) is 75.0 cm³/mol. The maximum Gasteiger partial charge on any atom is 0.164 e. The fourth-order valence-electron chi connectivity index (χ4n) is 1.54. The van der Waals surface area contributed by atoms with E-state index in [1.165, 1.54) is 0 Å². The Bertz CT molecular complexity index is 544. The van der Waals surface area contributed by atoms with E-state index in [0.717, 1.165) is 11.4 Å². The first kappa shape index (κ1) is 14.0. The van der Waals surface area contributed by atoms with Crippen molar-refractivity contribution in [2.75, 3.05) is 0 Å². The van der Waals surface area contributed by atoms with E-state index in [-0.39, 0.29) is 5.54 Å². The molecule has 0 saturated carbocycles. The van der Waals surface area contributed by atoms with Crippen LogP contribution in [0.2, 0.25) is 5.02 Å². The van der Waals surface area contributed by atoms with E-state index >= 15 is 0 Å². The second-order valence-electron chi connectivity index (χ2n) is 5.43. The third-order valence-electron chi connectivity index (χ3n) is 2.55. The van der Waals surface area contributed by atoms with Gasteiger partial charge in [0.15, 0.2) is 5.82 Å². The summed E-state index contributed by atoms with van der Waals surface area (Å²) in [5.41, 5.74) is 1.04. The van der Waals surface area contributed by atoms with Gasteiger partial charge in [-0.15, -0.1) is 0 Å². The number of nitrogens with zero attached hydrogens (tertiary/aromatic N) is 4. The highest BCUT2D eigenvalue weighted by molar-refractivity contribution is 6.31. The minimum absolute atomic E-state index is 0.0554. The Morgan fingerprint density at radius 3 is 2.84 bits per heavy atom. The Kier molecular flexibility index (Phi) is 4.17. The molecular formula is C13H18ClN5. The summed E-state index contributed by atoms with van der Waals surface area (Å²) in [6.45, 7) is 7.59. The van der Waals surface area contributed by atoms with Gasteiger partial charge >= 0.3 is 0 Å². The van der Waals surface area contributed by atoms with Gasteiger partial charge in [0.05, 0.1) is 18.1 Å². The molecule has 0 aliphatic heterocycles. The van der Waals surface area contributed by atoms with Crippen LogP contribution < -0.4 is 5.32 Å². The van der Waals surface area contributed by atoms with Crippen LogP contribution in [0.4, 0.5) is 0 Å². The molecule has 0 spiro atoms. The minimum atomic E-state index is 0.0554. The van der Waals surface area contributed by atoms with E-state index in [1.54, 1.807) is 23.4 Å². The number of rotatable bonds is 4. The molecule has 0 aliphatic rings. The van der Waals surface area contributed by atoms with Crippen LogP contribution in [0, 0.1) is 0 Å². The fourth-order valence-corrected chi connectivity index (χ4v) is 1.72. The van der Waals surface area contributed by atoms with Crippen LogP contribution in [-0.4, -0.2) is 25.3 Å². The summed E-state index contributed by atoms with van der Waals surface area (Å²) < 4.78 is 1.78. The van der Waals surface area contributed by atoms with Crippen molar-refractivity contribution in [1.29, 1.82) is 0 Å². The molecule has 0 atom stereocenters. The Balaban J connectivity index is 2.00. The van der Waals surface area contributed by atoms with Crippen LogP contribution in [0.5, 0.6) is 0 Å². The van der Waals surface area contributed by atoms with E-state index < -0.39 is 0 Å². The van der Waals surface area contributed by atoms with E-state index in [9.17, 15) is 0 Å². The summed E-state index contributed by atoms with van der Waals surface area (Å²) in [6.07, 6.45) is 5.08. The molecule has 1 N–H and O–H groups in total. The average Bonchev–Trinajstić information content (AvgIpc) is 2.77. The molecule has 5 nitrogen and oxygen atoms in total. The zero-order valence-electron chi connectivity index (χ0n) is 11.4. The molecule has 0 radical (unpaired) electrons. The quantitative estimate of drug-likeness (QED) is 0.933. The number of nitrogens with one attached hydrogen (secondary N) is 1. The summed E-state index contributed by atoms with van der Waals surface area (Å²) in [7, 11) is 0. The highest BCUT2D eigenvalue weighted by atomic mass is 35.5. The van der Waals surface area contributed by atoms with Crippen LogP contribution in [0.15, 0.2) is 24.8 Å². The van der Waals surface area contributed by atoms with Gasteiger partial charge in [-0.1, -0.05) is 11.6 Å². The fraction of sp³-hybridized carbons (Fsp3) is 0.462. The molecule has 0 unspecified atom stereocenters. The Morgan fingerprint density at radius 2 is 2.16 bits per heavy atom. The number of hydrogen-bond donors (Lipinski definition) is 1. The Hall–Kier alpha value is -1.46. The van der Waals surface area contributed by atoms with Gasteiger partial charge in [-0.2, -0.15) is 5.10 Å². The molecule has 0 amide bonds. The van der Waals surface area contributed by atoms with E-state index in [4.69, 9.17) is 11.6 Å². The smallest absolute Gasteiger partial charge is 0.164 e. The van der Waals surface area contributed by atoms with Crippen LogP contribution in [-0.2, 0) is 13.1 Å². The van der Waals surface area contributed by atoms with Gasteiger partial charge in [0.2, 0.25) is 0 Å². The first-order chi connectivity index (χ1) is 8.94. The first-order valence-corrected chi connectivity index (χ1v) is 6.53. The molecule has 0 aromatic carbocycles. The maximum absolute atomic E-state index is 6.07. The average molecular weight is 280 g/mol. The van der Waals surface area contributed by atoms with Crippen molar-refractivity contribution in [3.63, 3.8) is 0 Å². The molecule has 2 rings (SSSR count). The largest absolute Gasteiger partial charge is 0.305 e. The summed E-state index contributed by atoms with van der Waals surface area (Å²) >= 11 is 6.07. The molecule has 0 saturated heterocycles. The second kappa shape index (κ2) is 5.67. The van der Waals surface area contributed by atoms with Crippen molar-refractivity contribution in [2.24, 2.45) is 0 Å². The topological polar surface area (TPSA) is 55.6 Å². The molecule has 2 heterocycles. The molecule has 2 aromatic rings. The molecule has 0 fully saturated rings. The highest BCUT2D eigenvalue weighted by Crippen LogP contribution is 2.14. The summed E-state index contributed by atoms with van der Waals surface area (Å²) in [5, 5.41) is 8.41. The summed E-state index contributed by atoms with van der Waals surface area (Å²) in [4.78, 5) is 8.24. The van der Waals surface area contributed by atoms with Gasteiger partial charge in [0, 0.05) is 17.9 Å². The molecule has 6 heteroatoms. The predicted octanol–water partition coefficient (Wildman–Crippen LogP) is 2.26. The standard InChI is InChI=1S/C13H18ClN5/c1-13(2,3)17-7-12-16-9-19(18-12)8-10-4-5-15-6-11(10)14/h4-6,9,17H,7-8H2,1-3H3. The third-order valence-corrected chi connectivity index (χ3v) is 2.89. The third kappa shape index (κ3) is 4.29. The molecule has 102 valence electrons. The summed E-state index contributed by atoms with van der Waals surface area (Å²) in [5.74, 6) is 0.778. The Morgan fingerprint density at radius 1 is 1.37 bits per heavy atom. The van der Waals surface area contributed by atoms with Crippen molar-refractivity contribution < 1.29 is 0 Å². The maximum atomic E-state index is 6.07. The zero-order valence-corrected chi connectivity index (χ0v) is 12.1. The Labute approximate surface area is 118 Å². The van der Waals surface area contributed by atoms with Crippen LogP contribution in [0.1, 0.15) is 32.2 Å². The lowest BCUT2D eigenvalue weighted by molar-refractivity contribution is 0.417. The van der Waals surface area contributed by atoms with Crippen LogP contribution >= 0.6 is 11.6 Å². The van der Waals surface area contributed by atoms with Gasteiger partial charge in [-0.25, -0.2) is 9.67 Å². The van der Waals surface area contributed by atoms with Gasteiger partial charge in [-0.3, -0.25) is 4.98 Å². The van der Waals surface area contributed by atoms with Gasteiger partial charge in [0.1, 0.15) is 6.33 Å². The minimum Gasteiger partial charge on any atom is -0.305 e. The molecule has 19 heavy (non-hydrogen) atoms. The lowest BCUT2D eigenvalue weighted by Gasteiger charge is -2.19. The van der Waals surface area contributed by atoms with Gasteiger partial charge in [0.25, 0.3) is 0 Å². The van der Waals surface area contributed by atoms with Crippen LogP contribution in [0.3, 0.4) is 0 Å². The van der Waals surface area contributed by atoms with E-state index in [2.05, 4.69) is 41.2 Å².